The summed E-state index contributed by atoms with van der Waals surface area (Å²) < 4.78 is 0. The largest absolute Gasteiger partial charge is 0.341 e. The summed E-state index contributed by atoms with van der Waals surface area (Å²) in [5, 5.41) is 1.21. The fraction of sp³-hybridized carbons (Fsp3) is 0.412. The van der Waals surface area contributed by atoms with E-state index in [1.165, 1.54) is 0 Å². The van der Waals surface area contributed by atoms with E-state index in [4.69, 9.17) is 11.6 Å². The Kier molecular flexibility index (Phi) is 3.85. The van der Waals surface area contributed by atoms with Crippen LogP contribution in [0.2, 0.25) is 0 Å². The minimum absolute atomic E-state index is 0.0646. The molecule has 0 atom stereocenters. The van der Waals surface area contributed by atoms with Crippen LogP contribution >= 0.6 is 11.6 Å². The molecule has 1 aliphatic carbocycles. The summed E-state index contributed by atoms with van der Waals surface area (Å²) in [4.78, 5) is 19.0. The van der Waals surface area contributed by atoms with Crippen molar-refractivity contribution in [1.29, 1.82) is 0 Å². The fourth-order valence-electron chi connectivity index (χ4n) is 2.96. The Hall–Kier alpha value is -1.61. The van der Waals surface area contributed by atoms with Crippen LogP contribution in [0.15, 0.2) is 30.3 Å². The van der Waals surface area contributed by atoms with Gasteiger partial charge in [-0.25, -0.2) is 0 Å². The minimum Gasteiger partial charge on any atom is -0.341 e. The van der Waals surface area contributed by atoms with Gasteiger partial charge in [-0.3, -0.25) is 9.78 Å². The van der Waals surface area contributed by atoms with E-state index in [0.29, 0.717) is 11.3 Å². The average Bonchev–Trinajstić information content (AvgIpc) is 2.43. The number of nitrogens with zero attached hydrogens (tertiary/aromatic N) is 2. The predicted octanol–water partition coefficient (Wildman–Crippen LogP) is 3.63. The molecule has 1 aliphatic rings. The zero-order valence-electron chi connectivity index (χ0n) is 12.3. The normalized spacial score (nSPS) is 21.1. The molecule has 1 fully saturated rings. The van der Waals surface area contributed by atoms with Crippen LogP contribution in [-0.4, -0.2) is 34.8 Å². The Bertz CT molecular complexity index is 680. The molecule has 0 bridgehead atoms. The lowest BCUT2D eigenvalue weighted by atomic mass is 9.84. The van der Waals surface area contributed by atoms with Crippen molar-refractivity contribution in [2.45, 2.75) is 25.1 Å². The van der Waals surface area contributed by atoms with Gasteiger partial charge < -0.3 is 4.90 Å². The number of alkyl halides is 1. The number of hydrogen-bond donors (Lipinski definition) is 0. The number of halogens is 1. The summed E-state index contributed by atoms with van der Waals surface area (Å²) in [5.74, 6) is 0.602. The second kappa shape index (κ2) is 5.64. The Morgan fingerprint density at radius 2 is 2.10 bits per heavy atom. The van der Waals surface area contributed by atoms with Crippen LogP contribution in [0.3, 0.4) is 0 Å². The highest BCUT2D eigenvalue weighted by molar-refractivity contribution is 6.21. The molecule has 4 heteroatoms. The summed E-state index contributed by atoms with van der Waals surface area (Å²) in [6.45, 7) is 2.70. The van der Waals surface area contributed by atoms with Gasteiger partial charge in [0.15, 0.2) is 0 Å². The Morgan fingerprint density at radius 3 is 2.81 bits per heavy atom. The predicted molar refractivity (Wildman–Crippen MR) is 85.8 cm³/mol. The maximum atomic E-state index is 12.7. The number of fused-ring (bicyclic) bond motifs is 1. The Morgan fingerprint density at radius 1 is 1.38 bits per heavy atom. The van der Waals surface area contributed by atoms with Crippen molar-refractivity contribution in [3.05, 3.63) is 41.6 Å². The van der Waals surface area contributed by atoms with Gasteiger partial charge in [0.1, 0.15) is 0 Å². The summed E-state index contributed by atoms with van der Waals surface area (Å²) >= 11 is 6.01. The van der Waals surface area contributed by atoms with E-state index in [0.717, 1.165) is 41.5 Å². The Balaban J connectivity index is 1.86. The lowest BCUT2D eigenvalue weighted by molar-refractivity contribution is 0.0748. The number of rotatable bonds is 3. The van der Waals surface area contributed by atoms with Gasteiger partial charge in [0.05, 0.1) is 11.1 Å². The van der Waals surface area contributed by atoms with Gasteiger partial charge in [0, 0.05) is 30.0 Å². The van der Waals surface area contributed by atoms with Gasteiger partial charge in [-0.15, -0.1) is 11.6 Å². The first-order valence-electron chi connectivity index (χ1n) is 7.30. The smallest absolute Gasteiger partial charge is 0.254 e. The molecule has 110 valence electrons. The molecule has 1 aromatic heterocycles. The van der Waals surface area contributed by atoms with E-state index in [-0.39, 0.29) is 5.91 Å². The number of para-hydroxylation sites is 1. The summed E-state index contributed by atoms with van der Waals surface area (Å²) in [5.41, 5.74) is 2.48. The fourth-order valence-corrected chi connectivity index (χ4v) is 3.47. The van der Waals surface area contributed by atoms with Gasteiger partial charge >= 0.3 is 0 Å². The number of hydrogen-bond acceptors (Lipinski definition) is 2. The van der Waals surface area contributed by atoms with Crippen molar-refractivity contribution < 1.29 is 4.79 Å². The van der Waals surface area contributed by atoms with E-state index >= 15 is 0 Å². The highest BCUT2D eigenvalue weighted by atomic mass is 35.5. The van der Waals surface area contributed by atoms with Crippen LogP contribution in [0.25, 0.3) is 10.9 Å². The van der Waals surface area contributed by atoms with E-state index in [2.05, 4.69) is 4.98 Å². The van der Waals surface area contributed by atoms with Crippen molar-refractivity contribution in [2.75, 3.05) is 13.6 Å². The van der Waals surface area contributed by atoms with E-state index in [9.17, 15) is 4.79 Å². The number of amides is 1. The average molecular weight is 303 g/mol. The van der Waals surface area contributed by atoms with Crippen LogP contribution in [0, 0.1) is 12.8 Å². The minimum atomic E-state index is 0.0646. The molecule has 3 nitrogen and oxygen atoms in total. The van der Waals surface area contributed by atoms with Crippen LogP contribution in [0.4, 0.5) is 0 Å². The molecule has 1 saturated carbocycles. The van der Waals surface area contributed by atoms with Gasteiger partial charge in [0.25, 0.3) is 5.91 Å². The zero-order chi connectivity index (χ0) is 15.0. The van der Waals surface area contributed by atoms with Crippen LogP contribution in [-0.2, 0) is 0 Å². The van der Waals surface area contributed by atoms with Crippen LogP contribution in [0.1, 0.15) is 28.9 Å². The standard InChI is InChI=1S/C17H19ClN2O/c1-11-7-15(14-5-3-4-6-16(14)19-11)17(21)20(2)10-12-8-13(18)9-12/h3-7,12-13H,8-10H2,1-2H3. The SMILES string of the molecule is Cc1cc(C(=O)N(C)CC2CC(Cl)C2)c2ccccc2n1. The lowest BCUT2D eigenvalue weighted by Gasteiger charge is -2.34. The topological polar surface area (TPSA) is 33.2 Å². The summed E-state index contributed by atoms with van der Waals surface area (Å²) in [7, 11) is 1.87. The van der Waals surface area contributed by atoms with Gasteiger partial charge in [-0.1, -0.05) is 18.2 Å². The molecular weight excluding hydrogens is 284 g/mol. The molecule has 0 N–H and O–H groups in total. The first-order valence-corrected chi connectivity index (χ1v) is 7.74. The number of carbonyl (C=O) groups is 1. The molecule has 0 saturated heterocycles. The molecule has 0 aliphatic heterocycles. The maximum Gasteiger partial charge on any atom is 0.254 e. The molecule has 1 heterocycles. The van der Waals surface area contributed by atoms with Crippen molar-refractivity contribution >= 4 is 28.4 Å². The maximum absolute atomic E-state index is 12.7. The number of pyridine rings is 1. The second-order valence-corrected chi connectivity index (χ2v) is 6.57. The number of aryl methyl sites for hydroxylation is 1. The Labute approximate surface area is 129 Å². The first kappa shape index (κ1) is 14.3. The molecule has 2 aromatic rings. The quantitative estimate of drug-likeness (QED) is 0.811. The van der Waals surface area contributed by atoms with Gasteiger partial charge in [-0.2, -0.15) is 0 Å². The van der Waals surface area contributed by atoms with Gasteiger partial charge in [-0.05, 0) is 37.8 Å². The third kappa shape index (κ3) is 2.88. The van der Waals surface area contributed by atoms with E-state index in [1.54, 1.807) is 0 Å². The van der Waals surface area contributed by atoms with Gasteiger partial charge in [0.2, 0.25) is 0 Å². The number of aromatic nitrogens is 1. The number of benzene rings is 1. The third-order valence-electron chi connectivity index (χ3n) is 4.13. The van der Waals surface area contributed by atoms with Crippen molar-refractivity contribution in [1.82, 2.24) is 9.88 Å². The van der Waals surface area contributed by atoms with E-state index in [1.807, 2.05) is 49.2 Å². The molecule has 0 radical (unpaired) electrons. The van der Waals surface area contributed by atoms with Crippen molar-refractivity contribution in [3.63, 3.8) is 0 Å². The summed E-state index contributed by atoms with van der Waals surface area (Å²) in [6, 6.07) is 9.68. The van der Waals surface area contributed by atoms with Crippen molar-refractivity contribution in [3.8, 4) is 0 Å². The monoisotopic (exact) mass is 302 g/mol. The third-order valence-corrected chi connectivity index (χ3v) is 4.49. The molecular formula is C17H19ClN2O. The van der Waals surface area contributed by atoms with Crippen LogP contribution in [0.5, 0.6) is 0 Å². The molecule has 21 heavy (non-hydrogen) atoms. The first-order chi connectivity index (χ1) is 10.0. The highest BCUT2D eigenvalue weighted by Gasteiger charge is 2.29. The highest BCUT2D eigenvalue weighted by Crippen LogP contribution is 2.32. The lowest BCUT2D eigenvalue weighted by Crippen LogP contribution is -2.38. The molecule has 1 amide bonds. The molecule has 3 rings (SSSR count). The molecule has 0 unspecified atom stereocenters. The molecule has 1 aromatic carbocycles. The van der Waals surface area contributed by atoms with Crippen molar-refractivity contribution in [2.24, 2.45) is 5.92 Å². The molecule has 0 spiro atoms. The van der Waals surface area contributed by atoms with Crippen LogP contribution < -0.4 is 0 Å². The van der Waals surface area contributed by atoms with E-state index < -0.39 is 0 Å². The summed E-state index contributed by atoms with van der Waals surface area (Å²) in [6.07, 6.45) is 2.02. The zero-order valence-corrected chi connectivity index (χ0v) is 13.1. The second-order valence-electron chi connectivity index (χ2n) is 5.95. The number of carbonyl (C=O) groups excluding carboxylic acids is 1.